The molecule has 0 saturated carbocycles. The van der Waals surface area contributed by atoms with Crippen LogP contribution in [0.3, 0.4) is 0 Å². The summed E-state index contributed by atoms with van der Waals surface area (Å²) in [4.78, 5) is 25.8. The number of rotatable bonds is 4. The summed E-state index contributed by atoms with van der Waals surface area (Å²) in [7, 11) is 0. The van der Waals surface area contributed by atoms with Crippen LogP contribution in [0.5, 0.6) is 5.75 Å². The highest BCUT2D eigenvalue weighted by Gasteiger charge is 2.27. The van der Waals surface area contributed by atoms with Crippen molar-refractivity contribution in [3.8, 4) is 11.8 Å². The van der Waals surface area contributed by atoms with Gasteiger partial charge in [0.25, 0.3) is 5.91 Å². The second-order valence-electron chi connectivity index (χ2n) is 6.03. The molecule has 0 spiro atoms. The fourth-order valence-electron chi connectivity index (χ4n) is 3.10. The maximum Gasteiger partial charge on any atom is 0.258 e. The van der Waals surface area contributed by atoms with Crippen molar-refractivity contribution < 1.29 is 14.3 Å². The summed E-state index contributed by atoms with van der Waals surface area (Å²) >= 11 is 0. The van der Waals surface area contributed by atoms with Crippen molar-refractivity contribution in [2.45, 2.75) is 19.4 Å². The number of hydrogen-bond acceptors (Lipinski definition) is 4. The first kappa shape index (κ1) is 17.5. The van der Waals surface area contributed by atoms with E-state index in [9.17, 15) is 9.59 Å². The van der Waals surface area contributed by atoms with Crippen LogP contribution in [0.4, 0.5) is 5.69 Å². The zero-order valence-electron chi connectivity index (χ0n) is 14.4. The third kappa shape index (κ3) is 3.67. The molecule has 132 valence electrons. The average molecular weight is 349 g/mol. The van der Waals surface area contributed by atoms with Crippen LogP contribution in [-0.2, 0) is 9.59 Å². The van der Waals surface area contributed by atoms with Gasteiger partial charge in [-0.25, -0.2) is 0 Å². The summed E-state index contributed by atoms with van der Waals surface area (Å²) in [6.07, 6.45) is 0.636. The fourth-order valence-corrected chi connectivity index (χ4v) is 3.10. The number of fused-ring (bicyclic) bond motifs is 1. The average Bonchev–Trinajstić information content (AvgIpc) is 2.66. The first-order chi connectivity index (χ1) is 12.6. The number of carbonyl (C=O) groups is 2. The summed E-state index contributed by atoms with van der Waals surface area (Å²) in [5.41, 5.74) is 2.13. The van der Waals surface area contributed by atoms with Gasteiger partial charge in [-0.05, 0) is 30.2 Å². The van der Waals surface area contributed by atoms with E-state index in [0.29, 0.717) is 24.3 Å². The Bertz CT molecular complexity index is 873. The van der Waals surface area contributed by atoms with E-state index in [4.69, 9.17) is 10.00 Å². The van der Waals surface area contributed by atoms with Crippen LogP contribution in [0.2, 0.25) is 0 Å². The molecule has 3 rings (SSSR count). The second-order valence-corrected chi connectivity index (χ2v) is 6.03. The van der Waals surface area contributed by atoms with Crippen LogP contribution < -0.4 is 15.0 Å². The molecule has 0 saturated heterocycles. The van der Waals surface area contributed by atoms with E-state index in [2.05, 4.69) is 5.32 Å². The van der Waals surface area contributed by atoms with Gasteiger partial charge in [-0.15, -0.1) is 0 Å². The molecular formula is C20H19N3O3. The fraction of sp³-hybridized carbons (Fsp3) is 0.250. The maximum atomic E-state index is 12.3. The minimum atomic E-state index is -0.270. The monoisotopic (exact) mass is 349 g/mol. The minimum absolute atomic E-state index is 0.0151. The normalized spacial score (nSPS) is 15.5. The number of para-hydroxylation sites is 2. The number of amides is 2. The van der Waals surface area contributed by atoms with Crippen molar-refractivity contribution in [2.24, 2.45) is 0 Å². The number of anilines is 1. The molecule has 1 heterocycles. The molecule has 0 aliphatic carbocycles. The van der Waals surface area contributed by atoms with E-state index in [1.807, 2.05) is 30.3 Å². The minimum Gasteiger partial charge on any atom is -0.482 e. The Morgan fingerprint density at radius 1 is 1.23 bits per heavy atom. The smallest absolute Gasteiger partial charge is 0.258 e. The lowest BCUT2D eigenvalue weighted by Gasteiger charge is -2.34. The molecule has 1 N–H and O–H groups in total. The van der Waals surface area contributed by atoms with Crippen LogP contribution in [0.15, 0.2) is 48.5 Å². The Morgan fingerprint density at radius 2 is 1.96 bits per heavy atom. The molecule has 2 aromatic rings. The number of hydrogen-bond donors (Lipinski definition) is 1. The molecule has 6 nitrogen and oxygen atoms in total. The lowest BCUT2D eigenvalue weighted by atomic mass is 9.96. The van der Waals surface area contributed by atoms with Gasteiger partial charge in [-0.2, -0.15) is 5.26 Å². The summed E-state index contributed by atoms with van der Waals surface area (Å²) in [6.45, 7) is 1.92. The Hall–Kier alpha value is -3.33. The molecule has 1 unspecified atom stereocenters. The molecule has 2 aromatic carbocycles. The van der Waals surface area contributed by atoms with Crippen LogP contribution in [0.25, 0.3) is 0 Å². The van der Waals surface area contributed by atoms with Crippen molar-refractivity contribution >= 4 is 17.5 Å². The van der Waals surface area contributed by atoms with Crippen LogP contribution in [0.1, 0.15) is 30.5 Å². The highest BCUT2D eigenvalue weighted by molar-refractivity contribution is 5.93. The van der Waals surface area contributed by atoms with Gasteiger partial charge in [-0.1, -0.05) is 30.3 Å². The second kappa shape index (κ2) is 7.70. The lowest BCUT2D eigenvalue weighted by Crippen LogP contribution is -2.41. The molecule has 1 atom stereocenters. The maximum absolute atomic E-state index is 12.3. The third-order valence-electron chi connectivity index (χ3n) is 4.33. The molecule has 1 aliphatic heterocycles. The highest BCUT2D eigenvalue weighted by Crippen LogP contribution is 2.33. The predicted molar refractivity (Wildman–Crippen MR) is 96.6 cm³/mol. The molecular weight excluding hydrogens is 330 g/mol. The Balaban J connectivity index is 1.67. The number of nitrogens with one attached hydrogen (secondary N) is 1. The topological polar surface area (TPSA) is 82.4 Å². The van der Waals surface area contributed by atoms with E-state index in [-0.39, 0.29) is 24.5 Å². The number of nitrogens with zero attached hydrogens (tertiary/aromatic N) is 2. The standard InChI is InChI=1S/C20H19N3O3/c1-14(24)23-11-10-17(16-7-3-4-8-18(16)23)22-20(25)13-26-19-9-5-2-6-15(19)12-21/h2-9,17H,10-11,13H2,1H3,(H,22,25). The molecule has 0 aromatic heterocycles. The van der Waals surface area contributed by atoms with Gasteiger partial charge < -0.3 is 15.0 Å². The van der Waals surface area contributed by atoms with Crippen molar-refractivity contribution in [2.75, 3.05) is 18.1 Å². The molecule has 2 amide bonds. The summed E-state index contributed by atoms with van der Waals surface area (Å²) in [6, 6.07) is 16.2. The largest absolute Gasteiger partial charge is 0.482 e. The number of carbonyl (C=O) groups excluding carboxylic acids is 2. The summed E-state index contributed by atoms with van der Waals surface area (Å²) in [5.74, 6) is 0.101. The van der Waals surface area contributed by atoms with Gasteiger partial charge >= 0.3 is 0 Å². The van der Waals surface area contributed by atoms with Gasteiger partial charge in [0.15, 0.2) is 6.61 Å². The van der Waals surface area contributed by atoms with Gasteiger partial charge in [0.05, 0.1) is 11.6 Å². The molecule has 6 heteroatoms. The van der Waals surface area contributed by atoms with Gasteiger partial charge in [0.1, 0.15) is 11.8 Å². The van der Waals surface area contributed by atoms with Crippen molar-refractivity contribution in [3.05, 3.63) is 59.7 Å². The number of nitriles is 1. The Morgan fingerprint density at radius 3 is 2.73 bits per heavy atom. The van der Waals surface area contributed by atoms with Crippen molar-refractivity contribution in [3.63, 3.8) is 0 Å². The van der Waals surface area contributed by atoms with Crippen molar-refractivity contribution in [1.82, 2.24) is 5.32 Å². The number of ether oxygens (including phenoxy) is 1. The van der Waals surface area contributed by atoms with Crippen molar-refractivity contribution in [1.29, 1.82) is 5.26 Å². The quantitative estimate of drug-likeness (QED) is 0.920. The van der Waals surface area contributed by atoms with E-state index < -0.39 is 0 Å². The van der Waals surface area contributed by atoms with Crippen LogP contribution >= 0.6 is 0 Å². The lowest BCUT2D eigenvalue weighted by molar-refractivity contribution is -0.123. The molecule has 26 heavy (non-hydrogen) atoms. The first-order valence-electron chi connectivity index (χ1n) is 8.38. The molecule has 1 aliphatic rings. The zero-order chi connectivity index (χ0) is 18.5. The highest BCUT2D eigenvalue weighted by atomic mass is 16.5. The SMILES string of the molecule is CC(=O)N1CCC(NC(=O)COc2ccccc2C#N)c2ccccc21. The van der Waals surface area contributed by atoms with Gasteiger partial charge in [0.2, 0.25) is 5.91 Å². The molecule has 0 radical (unpaired) electrons. The van der Waals surface area contributed by atoms with E-state index >= 15 is 0 Å². The zero-order valence-corrected chi connectivity index (χ0v) is 14.4. The Kier molecular flexibility index (Phi) is 5.18. The molecule has 0 fully saturated rings. The first-order valence-corrected chi connectivity index (χ1v) is 8.38. The van der Waals surface area contributed by atoms with Gasteiger partial charge in [0, 0.05) is 19.2 Å². The van der Waals surface area contributed by atoms with E-state index in [0.717, 1.165) is 11.3 Å². The number of benzene rings is 2. The summed E-state index contributed by atoms with van der Waals surface area (Å²) < 4.78 is 5.48. The molecule has 0 bridgehead atoms. The predicted octanol–water partition coefficient (Wildman–Crippen LogP) is 2.55. The van der Waals surface area contributed by atoms with E-state index in [1.54, 1.807) is 29.2 Å². The Labute approximate surface area is 152 Å². The van der Waals surface area contributed by atoms with Crippen LogP contribution in [-0.4, -0.2) is 25.0 Å². The van der Waals surface area contributed by atoms with E-state index in [1.165, 1.54) is 6.92 Å². The summed E-state index contributed by atoms with van der Waals surface area (Å²) in [5, 5.41) is 12.0. The third-order valence-corrected chi connectivity index (χ3v) is 4.33. The van der Waals surface area contributed by atoms with Gasteiger partial charge in [-0.3, -0.25) is 9.59 Å². The van der Waals surface area contributed by atoms with Crippen LogP contribution in [0, 0.1) is 11.3 Å².